The number of hydrogen-bond donors (Lipinski definition) is 1. The average molecular weight is 333 g/mol. The Morgan fingerprint density at radius 2 is 1.95 bits per heavy atom. The second-order valence-electron chi connectivity index (χ2n) is 5.98. The molecule has 0 spiro atoms. The average Bonchev–Trinajstić information content (AvgIpc) is 2.25. The van der Waals surface area contributed by atoms with Gasteiger partial charge < -0.3 is 13.9 Å². The molecule has 2 atom stereocenters. The number of hydrogen-bond acceptors (Lipinski definition) is 3. The summed E-state index contributed by atoms with van der Waals surface area (Å²) in [6.45, 7) is 2.84. The van der Waals surface area contributed by atoms with E-state index in [1.165, 1.54) is 5.56 Å². The van der Waals surface area contributed by atoms with Gasteiger partial charge in [0.15, 0.2) is 0 Å². The van der Waals surface area contributed by atoms with Crippen LogP contribution in [0, 0.1) is 0 Å². The zero-order chi connectivity index (χ0) is 15.4. The highest BCUT2D eigenvalue weighted by atomic mass is 32.9. The van der Waals surface area contributed by atoms with Gasteiger partial charge in [0.1, 0.15) is 12.6 Å². The highest BCUT2D eigenvalue weighted by molar-refractivity contribution is 8.59. The van der Waals surface area contributed by atoms with Crippen molar-refractivity contribution < 1.29 is 13.9 Å². The quantitative estimate of drug-likeness (QED) is 0.473. The number of likely N-dealkylation sites (N-methyl/N-ethyl adjacent to an activating group) is 1. The lowest BCUT2D eigenvalue weighted by atomic mass is 9.98. The Bertz CT molecular complexity index is 482. The van der Waals surface area contributed by atoms with E-state index in [4.69, 9.17) is 16.3 Å². The molecule has 0 aliphatic carbocycles. The van der Waals surface area contributed by atoms with E-state index in [2.05, 4.69) is 46.4 Å². The van der Waals surface area contributed by atoms with Crippen LogP contribution in [0.2, 0.25) is 0 Å². The second kappa shape index (κ2) is 7.39. The van der Waals surface area contributed by atoms with Gasteiger partial charge in [0, 0.05) is 5.69 Å². The summed E-state index contributed by atoms with van der Waals surface area (Å²) in [7, 11) is 6.23. The van der Waals surface area contributed by atoms with Gasteiger partial charge in [-0.2, -0.15) is 0 Å². The molecule has 2 unspecified atom stereocenters. The van der Waals surface area contributed by atoms with Crippen molar-refractivity contribution in [3.63, 3.8) is 0 Å². The molecule has 0 fully saturated rings. The minimum absolute atomic E-state index is 0.293. The van der Waals surface area contributed by atoms with E-state index < -0.39 is 5.69 Å². The summed E-state index contributed by atoms with van der Waals surface area (Å²) in [5, 5.41) is 0. The molecule has 0 aromatic heterocycles. The van der Waals surface area contributed by atoms with Gasteiger partial charge in [0.2, 0.25) is 0 Å². The third kappa shape index (κ3) is 6.70. The van der Waals surface area contributed by atoms with Crippen molar-refractivity contribution in [1.82, 2.24) is 0 Å². The minimum Gasteiger partial charge on any atom is -0.793 e. The lowest BCUT2D eigenvalue weighted by molar-refractivity contribution is -0.874. The molecule has 0 amide bonds. The molecule has 3 nitrogen and oxygen atoms in total. The Balaban J connectivity index is 3.12. The maximum absolute atomic E-state index is 11.8. The molecule has 0 aliphatic rings. The van der Waals surface area contributed by atoms with E-state index in [1.807, 2.05) is 18.2 Å². The van der Waals surface area contributed by atoms with Crippen molar-refractivity contribution in [2.24, 2.45) is 0 Å². The van der Waals surface area contributed by atoms with Crippen LogP contribution in [0.15, 0.2) is 24.3 Å². The topological polar surface area (TPSA) is 32.3 Å². The van der Waals surface area contributed by atoms with Gasteiger partial charge in [-0.1, -0.05) is 49.4 Å². The molecule has 0 radical (unpaired) electrons. The molecular formula is C14H24NO2PS2. The van der Waals surface area contributed by atoms with E-state index in [0.29, 0.717) is 11.0 Å². The standard InChI is InChI=1S/C14H24NO2PS2/c1-5-8-12-9-6-7-10-13(12)14(11-15(2,3)4)17-18(16,19)20/h6-7,9-10,14H,5,8,11H2,1-4H3,(H-,16,19,20). The number of thiol groups is 1. The minimum atomic E-state index is -3.24. The van der Waals surface area contributed by atoms with E-state index in [1.54, 1.807) is 0 Å². The Kier molecular flexibility index (Phi) is 6.71. The molecule has 1 aromatic rings. The SMILES string of the molecule is CCCc1ccccc1C(C[N+](C)(C)C)OP([O-])(=S)S. The molecule has 0 aliphatic heterocycles. The summed E-state index contributed by atoms with van der Waals surface area (Å²) < 4.78 is 6.31. The largest absolute Gasteiger partial charge is 0.793 e. The first-order valence-corrected chi connectivity index (χ1v) is 10.5. The number of aryl methyl sites for hydroxylation is 1. The van der Waals surface area contributed by atoms with E-state index in [0.717, 1.165) is 18.4 Å². The van der Waals surface area contributed by atoms with Gasteiger partial charge in [-0.15, -0.1) is 12.2 Å². The maximum atomic E-state index is 11.8. The van der Waals surface area contributed by atoms with Crippen molar-refractivity contribution in [3.8, 4) is 0 Å². The summed E-state index contributed by atoms with van der Waals surface area (Å²) in [6.07, 6.45) is 1.74. The Morgan fingerprint density at radius 3 is 2.45 bits per heavy atom. The van der Waals surface area contributed by atoms with Crippen LogP contribution >= 0.6 is 17.9 Å². The molecule has 114 valence electrons. The van der Waals surface area contributed by atoms with Crippen LogP contribution in [0.25, 0.3) is 0 Å². The monoisotopic (exact) mass is 333 g/mol. The van der Waals surface area contributed by atoms with Gasteiger partial charge in [-0.3, -0.25) is 0 Å². The van der Waals surface area contributed by atoms with Crippen LogP contribution in [0.5, 0.6) is 0 Å². The van der Waals surface area contributed by atoms with E-state index >= 15 is 0 Å². The molecule has 1 aromatic carbocycles. The highest BCUT2D eigenvalue weighted by Crippen LogP contribution is 2.48. The molecule has 0 N–H and O–H groups in total. The van der Waals surface area contributed by atoms with Gasteiger partial charge >= 0.3 is 0 Å². The fraction of sp³-hybridized carbons (Fsp3) is 0.571. The van der Waals surface area contributed by atoms with Crippen molar-refractivity contribution in [3.05, 3.63) is 35.4 Å². The second-order valence-corrected chi connectivity index (χ2v) is 11.0. The summed E-state index contributed by atoms with van der Waals surface area (Å²) in [6, 6.07) is 8.13. The molecular weight excluding hydrogens is 309 g/mol. The van der Waals surface area contributed by atoms with Gasteiger partial charge in [-0.25, -0.2) is 0 Å². The normalized spacial score (nSPS) is 16.7. The van der Waals surface area contributed by atoms with Crippen LogP contribution in [-0.2, 0) is 22.8 Å². The summed E-state index contributed by atoms with van der Waals surface area (Å²) >= 11 is 8.77. The predicted octanol–water partition coefficient (Wildman–Crippen LogP) is 2.92. The number of rotatable bonds is 7. The third-order valence-corrected chi connectivity index (χ3v) is 3.96. The summed E-state index contributed by atoms with van der Waals surface area (Å²) in [4.78, 5) is 11.8. The number of benzene rings is 1. The van der Waals surface area contributed by atoms with Crippen LogP contribution in [0.1, 0.15) is 30.6 Å². The summed E-state index contributed by atoms with van der Waals surface area (Å²) in [5.74, 6) is 0. The zero-order valence-electron chi connectivity index (χ0n) is 12.6. The molecule has 1 rings (SSSR count). The van der Waals surface area contributed by atoms with Crippen LogP contribution in [0.3, 0.4) is 0 Å². The van der Waals surface area contributed by atoms with Crippen LogP contribution < -0.4 is 4.89 Å². The predicted molar refractivity (Wildman–Crippen MR) is 90.4 cm³/mol. The first-order valence-electron chi connectivity index (χ1n) is 6.73. The Morgan fingerprint density at radius 1 is 1.35 bits per heavy atom. The van der Waals surface area contributed by atoms with Crippen molar-refractivity contribution in [1.29, 1.82) is 0 Å². The Hall–Kier alpha value is 0.1000. The first kappa shape index (κ1) is 18.1. The molecule has 0 bridgehead atoms. The smallest absolute Gasteiger partial charge is 0.136 e. The molecule has 0 saturated heterocycles. The fourth-order valence-corrected chi connectivity index (χ4v) is 3.35. The first-order chi connectivity index (χ1) is 9.12. The van der Waals surface area contributed by atoms with Gasteiger partial charge in [0.25, 0.3) is 0 Å². The number of quaternary nitrogens is 1. The molecule has 0 saturated carbocycles. The number of nitrogens with zero attached hydrogens (tertiary/aromatic N) is 1. The summed E-state index contributed by atoms with van der Waals surface area (Å²) in [5.41, 5.74) is -0.946. The Labute approximate surface area is 132 Å². The van der Waals surface area contributed by atoms with E-state index in [-0.39, 0.29) is 6.10 Å². The fourth-order valence-electron chi connectivity index (χ4n) is 2.19. The van der Waals surface area contributed by atoms with Gasteiger partial charge in [-0.05, 0) is 17.5 Å². The lowest BCUT2D eigenvalue weighted by Crippen LogP contribution is -2.39. The zero-order valence-corrected chi connectivity index (χ0v) is 15.2. The van der Waals surface area contributed by atoms with E-state index in [9.17, 15) is 4.89 Å². The maximum Gasteiger partial charge on any atom is 0.136 e. The van der Waals surface area contributed by atoms with Crippen LogP contribution in [0.4, 0.5) is 0 Å². The van der Waals surface area contributed by atoms with Crippen molar-refractivity contribution >= 4 is 29.7 Å². The van der Waals surface area contributed by atoms with Gasteiger partial charge in [0.05, 0.1) is 21.1 Å². The van der Waals surface area contributed by atoms with Crippen molar-refractivity contribution in [2.75, 3.05) is 27.7 Å². The van der Waals surface area contributed by atoms with Crippen LogP contribution in [-0.4, -0.2) is 32.2 Å². The highest BCUT2D eigenvalue weighted by Gasteiger charge is 2.24. The van der Waals surface area contributed by atoms with Crippen molar-refractivity contribution in [2.45, 2.75) is 25.9 Å². The molecule has 20 heavy (non-hydrogen) atoms. The third-order valence-electron chi connectivity index (χ3n) is 2.90. The lowest BCUT2D eigenvalue weighted by Gasteiger charge is -2.34. The molecule has 6 heteroatoms. The molecule has 0 heterocycles.